The first kappa shape index (κ1) is 12.9. The SMILES string of the molecule is CC(C)N(CC=Cc1ccccc1)C(=O)C1CC1. The van der Waals surface area contributed by atoms with E-state index in [0.29, 0.717) is 18.4 Å². The lowest BCUT2D eigenvalue weighted by Gasteiger charge is -2.25. The van der Waals surface area contributed by atoms with Gasteiger partial charge in [0.15, 0.2) is 0 Å². The summed E-state index contributed by atoms with van der Waals surface area (Å²) >= 11 is 0. The van der Waals surface area contributed by atoms with Crippen molar-refractivity contribution in [1.29, 1.82) is 0 Å². The smallest absolute Gasteiger partial charge is 0.226 e. The standard InChI is InChI=1S/C16H21NO/c1-13(2)17(16(18)15-10-11-15)12-6-9-14-7-4-3-5-8-14/h3-9,13,15H,10-12H2,1-2H3. The molecule has 1 saturated carbocycles. The first-order valence-corrected chi connectivity index (χ1v) is 6.70. The fourth-order valence-corrected chi connectivity index (χ4v) is 1.99. The van der Waals surface area contributed by atoms with Crippen LogP contribution in [0.5, 0.6) is 0 Å². The van der Waals surface area contributed by atoms with Crippen LogP contribution >= 0.6 is 0 Å². The fraction of sp³-hybridized carbons (Fsp3) is 0.438. The molecule has 1 amide bonds. The summed E-state index contributed by atoms with van der Waals surface area (Å²) < 4.78 is 0. The van der Waals surface area contributed by atoms with Gasteiger partial charge in [0.05, 0.1) is 0 Å². The van der Waals surface area contributed by atoms with E-state index in [-0.39, 0.29) is 6.04 Å². The molecule has 96 valence electrons. The average molecular weight is 243 g/mol. The number of nitrogens with zero attached hydrogens (tertiary/aromatic N) is 1. The number of benzene rings is 1. The molecule has 0 radical (unpaired) electrons. The van der Waals surface area contributed by atoms with E-state index in [2.05, 4.69) is 38.1 Å². The van der Waals surface area contributed by atoms with Gasteiger partial charge in [0.25, 0.3) is 0 Å². The number of carbonyl (C=O) groups is 1. The molecule has 18 heavy (non-hydrogen) atoms. The lowest BCUT2D eigenvalue weighted by molar-refractivity contribution is -0.133. The number of amides is 1. The van der Waals surface area contributed by atoms with Crippen LogP contribution in [0.15, 0.2) is 36.4 Å². The molecule has 0 aromatic heterocycles. The van der Waals surface area contributed by atoms with E-state index in [9.17, 15) is 4.79 Å². The van der Waals surface area contributed by atoms with Crippen molar-refractivity contribution in [2.75, 3.05) is 6.54 Å². The Balaban J connectivity index is 1.93. The molecule has 2 heteroatoms. The Morgan fingerprint density at radius 1 is 1.33 bits per heavy atom. The maximum absolute atomic E-state index is 12.1. The van der Waals surface area contributed by atoms with Crippen LogP contribution in [0.1, 0.15) is 32.3 Å². The maximum atomic E-state index is 12.1. The molecule has 0 saturated heterocycles. The Morgan fingerprint density at radius 3 is 2.56 bits per heavy atom. The highest BCUT2D eigenvalue weighted by atomic mass is 16.2. The third-order valence-electron chi connectivity index (χ3n) is 3.24. The molecular weight excluding hydrogens is 222 g/mol. The van der Waals surface area contributed by atoms with Gasteiger partial charge in [-0.05, 0) is 32.3 Å². The number of hydrogen-bond acceptors (Lipinski definition) is 1. The van der Waals surface area contributed by atoms with Gasteiger partial charge in [-0.3, -0.25) is 4.79 Å². The lowest BCUT2D eigenvalue weighted by Crippen LogP contribution is -2.38. The minimum atomic E-state index is 0.276. The zero-order valence-corrected chi connectivity index (χ0v) is 11.2. The zero-order chi connectivity index (χ0) is 13.0. The molecule has 2 nitrogen and oxygen atoms in total. The van der Waals surface area contributed by atoms with Crippen LogP contribution in [-0.2, 0) is 4.79 Å². The highest BCUT2D eigenvalue weighted by molar-refractivity contribution is 5.81. The highest BCUT2D eigenvalue weighted by Crippen LogP contribution is 2.31. The quantitative estimate of drug-likeness (QED) is 0.776. The Bertz CT molecular complexity index is 418. The van der Waals surface area contributed by atoms with Gasteiger partial charge in [-0.1, -0.05) is 42.5 Å². The summed E-state index contributed by atoms with van der Waals surface area (Å²) in [4.78, 5) is 14.1. The van der Waals surface area contributed by atoms with E-state index in [1.165, 1.54) is 5.56 Å². The molecule has 0 spiro atoms. The topological polar surface area (TPSA) is 20.3 Å². The summed E-state index contributed by atoms with van der Waals surface area (Å²) in [5.74, 6) is 0.625. The molecular formula is C16H21NO. The summed E-state index contributed by atoms with van der Waals surface area (Å²) in [6.45, 7) is 4.87. The molecule has 0 N–H and O–H groups in total. The second-order valence-corrected chi connectivity index (χ2v) is 5.17. The number of carbonyl (C=O) groups excluding carboxylic acids is 1. The lowest BCUT2D eigenvalue weighted by atomic mass is 10.2. The van der Waals surface area contributed by atoms with E-state index in [1.807, 2.05) is 23.1 Å². The van der Waals surface area contributed by atoms with Crippen molar-refractivity contribution in [3.8, 4) is 0 Å². The molecule has 1 fully saturated rings. The predicted octanol–water partition coefficient (Wildman–Crippen LogP) is 3.35. The van der Waals surface area contributed by atoms with Crippen molar-refractivity contribution in [2.24, 2.45) is 5.92 Å². The predicted molar refractivity (Wildman–Crippen MR) is 75.0 cm³/mol. The molecule has 0 unspecified atom stereocenters. The van der Waals surface area contributed by atoms with Crippen molar-refractivity contribution < 1.29 is 4.79 Å². The highest BCUT2D eigenvalue weighted by Gasteiger charge is 2.33. The summed E-state index contributed by atoms with van der Waals surface area (Å²) in [5.41, 5.74) is 1.18. The second kappa shape index (κ2) is 5.85. The number of hydrogen-bond donors (Lipinski definition) is 0. The van der Waals surface area contributed by atoms with E-state index in [4.69, 9.17) is 0 Å². The number of rotatable bonds is 5. The molecule has 0 heterocycles. The van der Waals surface area contributed by atoms with Gasteiger partial charge in [-0.15, -0.1) is 0 Å². The molecule has 1 aromatic rings. The minimum absolute atomic E-state index is 0.276. The summed E-state index contributed by atoms with van der Waals surface area (Å²) in [6, 6.07) is 10.5. The van der Waals surface area contributed by atoms with Crippen molar-refractivity contribution in [1.82, 2.24) is 4.90 Å². The molecule has 1 aliphatic rings. The second-order valence-electron chi connectivity index (χ2n) is 5.17. The van der Waals surface area contributed by atoms with E-state index < -0.39 is 0 Å². The fourth-order valence-electron chi connectivity index (χ4n) is 1.99. The summed E-state index contributed by atoms with van der Waals surface area (Å²) in [6.07, 6.45) is 6.31. The maximum Gasteiger partial charge on any atom is 0.226 e. The zero-order valence-electron chi connectivity index (χ0n) is 11.2. The molecule has 1 aromatic carbocycles. The van der Waals surface area contributed by atoms with Gasteiger partial charge >= 0.3 is 0 Å². The van der Waals surface area contributed by atoms with Crippen molar-refractivity contribution in [3.05, 3.63) is 42.0 Å². The van der Waals surface area contributed by atoms with Crippen LogP contribution in [0.2, 0.25) is 0 Å². The largest absolute Gasteiger partial charge is 0.336 e. The van der Waals surface area contributed by atoms with Gasteiger partial charge in [-0.2, -0.15) is 0 Å². The molecule has 2 rings (SSSR count). The summed E-state index contributed by atoms with van der Waals surface area (Å²) in [5, 5.41) is 0. The Kier molecular flexibility index (Phi) is 4.19. The Hall–Kier alpha value is -1.57. The normalized spacial score (nSPS) is 15.3. The monoisotopic (exact) mass is 243 g/mol. The van der Waals surface area contributed by atoms with Crippen molar-refractivity contribution in [2.45, 2.75) is 32.7 Å². The van der Waals surface area contributed by atoms with E-state index >= 15 is 0 Å². The third-order valence-corrected chi connectivity index (χ3v) is 3.24. The van der Waals surface area contributed by atoms with Gasteiger partial charge in [0.1, 0.15) is 0 Å². The minimum Gasteiger partial charge on any atom is -0.336 e. The van der Waals surface area contributed by atoms with Crippen molar-refractivity contribution >= 4 is 12.0 Å². The molecule has 0 aliphatic heterocycles. The first-order chi connectivity index (χ1) is 8.68. The van der Waals surface area contributed by atoms with Crippen LogP contribution in [0.25, 0.3) is 6.08 Å². The average Bonchev–Trinajstić information content (AvgIpc) is 3.19. The van der Waals surface area contributed by atoms with Crippen LogP contribution < -0.4 is 0 Å². The Morgan fingerprint density at radius 2 is 2.00 bits per heavy atom. The molecule has 0 bridgehead atoms. The van der Waals surface area contributed by atoms with E-state index in [1.54, 1.807) is 0 Å². The van der Waals surface area contributed by atoms with Crippen LogP contribution in [0.3, 0.4) is 0 Å². The van der Waals surface area contributed by atoms with Crippen LogP contribution in [0, 0.1) is 5.92 Å². The van der Waals surface area contributed by atoms with Crippen LogP contribution in [-0.4, -0.2) is 23.4 Å². The van der Waals surface area contributed by atoms with Gasteiger partial charge < -0.3 is 4.90 Å². The van der Waals surface area contributed by atoms with Gasteiger partial charge in [0, 0.05) is 18.5 Å². The molecule has 1 aliphatic carbocycles. The first-order valence-electron chi connectivity index (χ1n) is 6.70. The van der Waals surface area contributed by atoms with Crippen LogP contribution in [0.4, 0.5) is 0 Å². The van der Waals surface area contributed by atoms with Gasteiger partial charge in [-0.25, -0.2) is 0 Å². The van der Waals surface area contributed by atoms with Gasteiger partial charge in [0.2, 0.25) is 5.91 Å². The van der Waals surface area contributed by atoms with Crippen molar-refractivity contribution in [3.63, 3.8) is 0 Å². The molecule has 0 atom stereocenters. The third kappa shape index (κ3) is 3.46. The Labute approximate surface area is 109 Å². The summed E-state index contributed by atoms with van der Waals surface area (Å²) in [7, 11) is 0. The van der Waals surface area contributed by atoms with E-state index in [0.717, 1.165) is 12.8 Å².